The predicted octanol–water partition coefficient (Wildman–Crippen LogP) is 1.76. The van der Waals surface area contributed by atoms with Crippen LogP contribution in [0.5, 0.6) is 5.75 Å². The summed E-state index contributed by atoms with van der Waals surface area (Å²) in [4.78, 5) is 0. The van der Waals surface area contributed by atoms with Crippen molar-refractivity contribution >= 4 is 49.0 Å². The number of para-hydroxylation sites is 1. The minimum Gasteiger partial charge on any atom is -0.499 e. The van der Waals surface area contributed by atoms with Crippen LogP contribution in [0.3, 0.4) is 0 Å². The average molecular weight is 248 g/mol. The van der Waals surface area contributed by atoms with E-state index in [4.69, 9.17) is 13.8 Å². The maximum absolute atomic E-state index is 5.77. The standard InChI is InChI=1S/C7H7O.BrH.ClH.Mg/c1-8-7-5-3-2-4-6-7;;;/h2-5H,1H3;2*1H;/q;;;+1/p-1. The van der Waals surface area contributed by atoms with Crippen LogP contribution in [0, 0.1) is 0 Å². The normalized spacial score (nSPS) is 7.82. The largest absolute Gasteiger partial charge is 0.543 e. The van der Waals surface area contributed by atoms with E-state index in [0.717, 1.165) is 5.75 Å². The number of hydrogen-bond donors (Lipinski definition) is 0. The van der Waals surface area contributed by atoms with Gasteiger partial charge in [0.25, 0.3) is 0 Å². The topological polar surface area (TPSA) is 9.23 Å². The van der Waals surface area contributed by atoms with Crippen LogP contribution in [-0.4, -0.2) is 26.4 Å². The van der Waals surface area contributed by atoms with Crippen LogP contribution in [0.25, 0.3) is 0 Å². The Labute approximate surface area is 90.3 Å². The smallest absolute Gasteiger partial charge is 0.499 e. The molecule has 58 valence electrons. The zero-order valence-corrected chi connectivity index (χ0v) is 10.1. The van der Waals surface area contributed by atoms with E-state index in [9.17, 15) is 0 Å². The minimum atomic E-state index is -0.601. The van der Waals surface area contributed by atoms with E-state index < -0.39 is 19.3 Å². The first-order valence-corrected chi connectivity index (χ1v) is 5.91. The lowest BCUT2D eigenvalue weighted by atomic mass is 10.3. The predicted molar refractivity (Wildman–Crippen MR) is 54.6 cm³/mol. The summed E-state index contributed by atoms with van der Waals surface area (Å²) in [5, 5.41) is 0. The minimum absolute atomic E-state index is 0. The zero-order chi connectivity index (χ0) is 7.40. The summed E-state index contributed by atoms with van der Waals surface area (Å²) in [6, 6.07) is 7.87. The average Bonchev–Trinajstić information content (AvgIpc) is 2.04. The van der Waals surface area contributed by atoms with E-state index in [1.165, 1.54) is 3.69 Å². The highest BCUT2D eigenvalue weighted by atomic mass is 79.9. The summed E-state index contributed by atoms with van der Waals surface area (Å²) < 4.78 is 6.26. The van der Waals surface area contributed by atoms with Crippen LogP contribution in [0.1, 0.15) is 0 Å². The molecular weight excluding hydrogens is 240 g/mol. The molecule has 0 aliphatic heterocycles. The number of methoxy groups -OCH3 is 1. The van der Waals surface area contributed by atoms with E-state index in [-0.39, 0.29) is 17.0 Å². The summed E-state index contributed by atoms with van der Waals surface area (Å²) in [5.74, 6) is 0.921. The molecule has 0 heterocycles. The summed E-state index contributed by atoms with van der Waals surface area (Å²) in [6.07, 6.45) is 0. The van der Waals surface area contributed by atoms with E-state index in [1.807, 2.05) is 24.3 Å². The van der Waals surface area contributed by atoms with Gasteiger partial charge in [0.15, 0.2) is 0 Å². The Kier molecular flexibility index (Phi) is 6.42. The molecule has 0 unspecified atom stereocenters. The fraction of sp³-hybridized carbons (Fsp3) is 0.143. The van der Waals surface area contributed by atoms with Crippen molar-refractivity contribution in [3.8, 4) is 5.75 Å². The SMILES string of the molecule is Br.COc1cccc[c]1[Mg][Cl]. The van der Waals surface area contributed by atoms with Crippen LogP contribution in [0.15, 0.2) is 24.3 Å². The molecule has 0 spiro atoms. The second-order valence-electron chi connectivity index (χ2n) is 1.95. The molecule has 0 aromatic heterocycles. The Balaban J connectivity index is 0.000001000. The first kappa shape index (κ1) is 11.6. The maximum atomic E-state index is 5.77. The monoisotopic (exact) mass is 246 g/mol. The first-order valence-electron chi connectivity index (χ1n) is 3.06. The van der Waals surface area contributed by atoms with Crippen molar-refractivity contribution in [2.24, 2.45) is 0 Å². The number of ether oxygens (including phenoxy) is 1. The van der Waals surface area contributed by atoms with Gasteiger partial charge in [-0.05, 0) is 6.07 Å². The van der Waals surface area contributed by atoms with Crippen LogP contribution in [0.4, 0.5) is 0 Å². The van der Waals surface area contributed by atoms with E-state index >= 15 is 0 Å². The maximum Gasteiger partial charge on any atom is 0.543 e. The van der Waals surface area contributed by atoms with Gasteiger partial charge in [0.1, 0.15) is 0 Å². The lowest BCUT2D eigenvalue weighted by molar-refractivity contribution is 0.418. The molecule has 1 aromatic carbocycles. The third-order valence-corrected chi connectivity index (χ3v) is 3.07. The molecule has 0 amide bonds. The van der Waals surface area contributed by atoms with Crippen molar-refractivity contribution in [2.75, 3.05) is 7.11 Å². The Bertz CT molecular complexity index is 196. The molecule has 0 fully saturated rings. The molecule has 0 aliphatic rings. The molecule has 0 radical (unpaired) electrons. The van der Waals surface area contributed by atoms with Crippen molar-refractivity contribution in [3.63, 3.8) is 0 Å². The van der Waals surface area contributed by atoms with E-state index in [0.29, 0.717) is 0 Å². The summed E-state index contributed by atoms with van der Waals surface area (Å²) in [6.45, 7) is 0. The molecule has 0 bridgehead atoms. The third-order valence-electron chi connectivity index (χ3n) is 1.34. The fourth-order valence-electron chi connectivity index (χ4n) is 0.813. The van der Waals surface area contributed by atoms with Crippen LogP contribution >= 0.6 is 26.1 Å². The molecule has 4 heteroatoms. The number of benzene rings is 1. The molecule has 0 atom stereocenters. The molecule has 0 aliphatic carbocycles. The van der Waals surface area contributed by atoms with Crippen LogP contribution in [-0.2, 0) is 0 Å². The lowest BCUT2D eigenvalue weighted by Crippen LogP contribution is -2.11. The van der Waals surface area contributed by atoms with Gasteiger partial charge in [-0.25, -0.2) is 0 Å². The number of halogens is 2. The summed E-state index contributed by atoms with van der Waals surface area (Å²) >= 11 is -0.601. The first-order chi connectivity index (χ1) is 4.88. The second kappa shape index (κ2) is 6.11. The van der Waals surface area contributed by atoms with Crippen molar-refractivity contribution < 1.29 is 4.74 Å². The Hall–Kier alpha value is 0.556. The van der Waals surface area contributed by atoms with Crippen molar-refractivity contribution in [1.29, 1.82) is 0 Å². The number of hydrogen-bond acceptors (Lipinski definition) is 1. The number of rotatable bonds is 2. The quantitative estimate of drug-likeness (QED) is 0.724. The molecule has 0 saturated heterocycles. The highest BCUT2D eigenvalue weighted by Gasteiger charge is 2.00. The summed E-state index contributed by atoms with van der Waals surface area (Å²) in [7, 11) is 7.44. The third kappa shape index (κ3) is 3.19. The second-order valence-corrected chi connectivity index (χ2v) is 3.78. The van der Waals surface area contributed by atoms with Gasteiger partial charge in [0.2, 0.25) is 0 Å². The highest BCUT2D eigenvalue weighted by Crippen LogP contribution is 2.04. The lowest BCUT2D eigenvalue weighted by Gasteiger charge is -2.03. The van der Waals surface area contributed by atoms with Crippen molar-refractivity contribution in [3.05, 3.63) is 24.3 Å². The van der Waals surface area contributed by atoms with Gasteiger partial charge in [-0.3, -0.25) is 0 Å². The van der Waals surface area contributed by atoms with Gasteiger partial charge in [-0.2, -0.15) is 0 Å². The van der Waals surface area contributed by atoms with Crippen LogP contribution < -0.4 is 8.43 Å². The zero-order valence-electron chi connectivity index (χ0n) is 6.21. The van der Waals surface area contributed by atoms with Gasteiger partial charge >= 0.3 is 19.3 Å². The molecule has 11 heavy (non-hydrogen) atoms. The molecule has 1 nitrogen and oxygen atoms in total. The molecule has 0 N–H and O–H groups in total. The fourth-order valence-corrected chi connectivity index (χ4v) is 2.09. The van der Waals surface area contributed by atoms with Gasteiger partial charge in [0, 0.05) is 0 Å². The van der Waals surface area contributed by atoms with Crippen LogP contribution in [0.2, 0.25) is 0 Å². The molecular formula is C7H8BrClMgO. The van der Waals surface area contributed by atoms with E-state index in [2.05, 4.69) is 0 Å². The Morgan fingerprint density at radius 3 is 2.45 bits per heavy atom. The molecule has 1 rings (SSSR count). The van der Waals surface area contributed by atoms with Crippen molar-refractivity contribution in [1.82, 2.24) is 0 Å². The molecule has 0 saturated carbocycles. The Morgan fingerprint density at radius 2 is 2.00 bits per heavy atom. The Morgan fingerprint density at radius 1 is 1.36 bits per heavy atom. The van der Waals surface area contributed by atoms with Gasteiger partial charge in [-0.1, -0.05) is 18.2 Å². The van der Waals surface area contributed by atoms with Gasteiger partial charge < -0.3 is 13.8 Å². The van der Waals surface area contributed by atoms with Crippen molar-refractivity contribution in [2.45, 2.75) is 0 Å². The van der Waals surface area contributed by atoms with Gasteiger partial charge in [0.05, 0.1) is 12.9 Å². The van der Waals surface area contributed by atoms with E-state index in [1.54, 1.807) is 7.11 Å². The highest BCUT2D eigenvalue weighted by molar-refractivity contribution is 8.93. The molecule has 1 aromatic rings. The summed E-state index contributed by atoms with van der Waals surface area (Å²) in [5.41, 5.74) is 0. The van der Waals surface area contributed by atoms with Gasteiger partial charge in [-0.15, -0.1) is 20.7 Å².